The third kappa shape index (κ3) is 2.34. The minimum atomic E-state index is -0.983. The highest BCUT2D eigenvalue weighted by Gasteiger charge is 2.21. The van der Waals surface area contributed by atoms with Gasteiger partial charge in [0.25, 0.3) is 0 Å². The summed E-state index contributed by atoms with van der Waals surface area (Å²) in [6.07, 6.45) is 0. The number of nitrogens with two attached hydrogens (primary N) is 1. The molecule has 0 spiro atoms. The number of rotatable bonds is 3. The maximum atomic E-state index is 10.9. The van der Waals surface area contributed by atoms with Crippen molar-refractivity contribution in [3.8, 4) is 0 Å². The summed E-state index contributed by atoms with van der Waals surface area (Å²) in [6.45, 7) is 3.15. The summed E-state index contributed by atoms with van der Waals surface area (Å²) in [7, 11) is 0. The van der Waals surface area contributed by atoms with Crippen LogP contribution in [0.2, 0.25) is 0 Å². The van der Waals surface area contributed by atoms with Crippen LogP contribution in [0, 0.1) is 6.92 Å². The standard InChI is InChI=1S/C11H15NO3/c1-7-3-4-8(11(2,12)6-13)5-9(7)10(14)15/h3-5,13H,6,12H2,1-2H3,(H,14,15)/t11-/m0/s1. The molecule has 0 saturated heterocycles. The first kappa shape index (κ1) is 11.7. The van der Waals surface area contributed by atoms with Gasteiger partial charge >= 0.3 is 5.97 Å². The molecule has 0 amide bonds. The van der Waals surface area contributed by atoms with Gasteiger partial charge in [0, 0.05) is 0 Å². The van der Waals surface area contributed by atoms with Gasteiger partial charge in [-0.05, 0) is 31.0 Å². The van der Waals surface area contributed by atoms with Crippen molar-refractivity contribution in [2.75, 3.05) is 6.61 Å². The molecular formula is C11H15NO3. The molecule has 0 aliphatic heterocycles. The molecule has 1 aromatic carbocycles. The first-order valence-corrected chi connectivity index (χ1v) is 4.62. The molecule has 15 heavy (non-hydrogen) atoms. The van der Waals surface area contributed by atoms with Gasteiger partial charge in [0.1, 0.15) is 0 Å². The van der Waals surface area contributed by atoms with Crippen LogP contribution in [-0.4, -0.2) is 22.8 Å². The SMILES string of the molecule is Cc1ccc([C@@](C)(N)CO)cc1C(=O)O. The van der Waals surface area contributed by atoms with E-state index in [4.69, 9.17) is 15.9 Å². The molecule has 0 saturated carbocycles. The van der Waals surface area contributed by atoms with Crippen molar-refractivity contribution >= 4 is 5.97 Å². The van der Waals surface area contributed by atoms with Crippen LogP contribution in [0.3, 0.4) is 0 Å². The van der Waals surface area contributed by atoms with Crippen molar-refractivity contribution < 1.29 is 15.0 Å². The lowest BCUT2D eigenvalue weighted by atomic mass is 9.91. The Labute approximate surface area is 88.3 Å². The van der Waals surface area contributed by atoms with Gasteiger partial charge in [-0.3, -0.25) is 0 Å². The number of aliphatic hydroxyl groups excluding tert-OH is 1. The molecule has 0 heterocycles. The third-order valence-corrected chi connectivity index (χ3v) is 2.46. The Balaban J connectivity index is 3.25. The molecule has 82 valence electrons. The second-order valence-electron chi connectivity index (χ2n) is 3.91. The summed E-state index contributed by atoms with van der Waals surface area (Å²) >= 11 is 0. The van der Waals surface area contributed by atoms with Crippen molar-refractivity contribution in [1.29, 1.82) is 0 Å². The number of aliphatic hydroxyl groups is 1. The predicted octanol–water partition coefficient (Wildman–Crippen LogP) is 0.859. The van der Waals surface area contributed by atoms with E-state index < -0.39 is 11.5 Å². The number of aryl methyl sites for hydroxylation is 1. The second kappa shape index (κ2) is 4.00. The molecular weight excluding hydrogens is 194 g/mol. The fourth-order valence-corrected chi connectivity index (χ4v) is 1.30. The number of carboxylic acids is 1. The van der Waals surface area contributed by atoms with E-state index in [0.717, 1.165) is 0 Å². The van der Waals surface area contributed by atoms with Crippen molar-refractivity contribution in [2.45, 2.75) is 19.4 Å². The predicted molar refractivity (Wildman–Crippen MR) is 56.8 cm³/mol. The largest absolute Gasteiger partial charge is 0.478 e. The summed E-state index contributed by atoms with van der Waals surface area (Å²) < 4.78 is 0. The summed E-state index contributed by atoms with van der Waals surface area (Å²) in [4.78, 5) is 10.9. The lowest BCUT2D eigenvalue weighted by Gasteiger charge is -2.22. The van der Waals surface area contributed by atoms with Crippen LogP contribution < -0.4 is 5.73 Å². The van der Waals surface area contributed by atoms with Gasteiger partial charge < -0.3 is 15.9 Å². The van der Waals surface area contributed by atoms with Crippen LogP contribution in [0.1, 0.15) is 28.4 Å². The molecule has 1 atom stereocenters. The lowest BCUT2D eigenvalue weighted by Crippen LogP contribution is -2.37. The summed E-state index contributed by atoms with van der Waals surface area (Å²) in [5.74, 6) is -0.983. The normalized spacial score (nSPS) is 14.7. The molecule has 0 fully saturated rings. The van der Waals surface area contributed by atoms with Crippen LogP contribution in [0.5, 0.6) is 0 Å². The zero-order valence-electron chi connectivity index (χ0n) is 8.82. The van der Waals surface area contributed by atoms with Crippen molar-refractivity contribution in [3.05, 3.63) is 34.9 Å². The zero-order chi connectivity index (χ0) is 11.6. The molecule has 0 bridgehead atoms. The number of hydrogen-bond acceptors (Lipinski definition) is 3. The zero-order valence-corrected chi connectivity index (χ0v) is 8.82. The van der Waals surface area contributed by atoms with E-state index in [1.807, 2.05) is 0 Å². The number of benzene rings is 1. The Bertz CT molecular complexity index is 385. The highest BCUT2D eigenvalue weighted by Crippen LogP contribution is 2.20. The summed E-state index contributed by atoms with van der Waals surface area (Å²) in [5.41, 5.74) is 6.43. The van der Waals surface area contributed by atoms with Gasteiger partial charge in [-0.15, -0.1) is 0 Å². The van der Waals surface area contributed by atoms with E-state index in [1.54, 1.807) is 26.0 Å². The maximum Gasteiger partial charge on any atom is 0.335 e. The Hall–Kier alpha value is -1.39. The van der Waals surface area contributed by atoms with Crippen molar-refractivity contribution in [2.24, 2.45) is 5.73 Å². The van der Waals surface area contributed by atoms with E-state index in [2.05, 4.69) is 0 Å². The van der Waals surface area contributed by atoms with Crippen molar-refractivity contribution in [1.82, 2.24) is 0 Å². The van der Waals surface area contributed by atoms with Crippen LogP contribution in [-0.2, 0) is 5.54 Å². The first-order chi connectivity index (χ1) is 6.88. The lowest BCUT2D eigenvalue weighted by molar-refractivity contribution is 0.0695. The summed E-state index contributed by atoms with van der Waals surface area (Å²) in [6, 6.07) is 4.94. The molecule has 4 N–H and O–H groups in total. The molecule has 0 aliphatic carbocycles. The maximum absolute atomic E-state index is 10.9. The van der Waals surface area contributed by atoms with Crippen LogP contribution in [0.4, 0.5) is 0 Å². The van der Waals surface area contributed by atoms with Gasteiger partial charge in [-0.25, -0.2) is 4.79 Å². The Kier molecular flexibility index (Phi) is 3.12. The molecule has 0 unspecified atom stereocenters. The Morgan fingerprint density at radius 2 is 2.13 bits per heavy atom. The average molecular weight is 209 g/mol. The quantitative estimate of drug-likeness (QED) is 0.689. The highest BCUT2D eigenvalue weighted by atomic mass is 16.4. The van der Waals surface area contributed by atoms with Gasteiger partial charge in [0.2, 0.25) is 0 Å². The topological polar surface area (TPSA) is 83.5 Å². The van der Waals surface area contributed by atoms with Gasteiger partial charge in [0.15, 0.2) is 0 Å². The molecule has 0 aromatic heterocycles. The van der Waals surface area contributed by atoms with E-state index in [0.29, 0.717) is 11.1 Å². The minimum absolute atomic E-state index is 0.220. The smallest absolute Gasteiger partial charge is 0.335 e. The summed E-state index contributed by atoms with van der Waals surface area (Å²) in [5, 5.41) is 18.0. The first-order valence-electron chi connectivity index (χ1n) is 4.62. The van der Waals surface area contributed by atoms with E-state index in [9.17, 15) is 4.79 Å². The van der Waals surface area contributed by atoms with E-state index in [-0.39, 0.29) is 12.2 Å². The number of carboxylic acid groups (broad SMARTS) is 1. The van der Waals surface area contributed by atoms with E-state index in [1.165, 1.54) is 6.07 Å². The Morgan fingerprint density at radius 1 is 1.53 bits per heavy atom. The van der Waals surface area contributed by atoms with Gasteiger partial charge in [0.05, 0.1) is 17.7 Å². The van der Waals surface area contributed by atoms with E-state index >= 15 is 0 Å². The number of aromatic carboxylic acids is 1. The number of hydrogen-bond donors (Lipinski definition) is 3. The average Bonchev–Trinajstić information content (AvgIpc) is 2.17. The minimum Gasteiger partial charge on any atom is -0.478 e. The Morgan fingerprint density at radius 3 is 2.60 bits per heavy atom. The van der Waals surface area contributed by atoms with Crippen LogP contribution >= 0.6 is 0 Å². The molecule has 1 aromatic rings. The van der Waals surface area contributed by atoms with Gasteiger partial charge in [-0.1, -0.05) is 12.1 Å². The van der Waals surface area contributed by atoms with Crippen LogP contribution in [0.25, 0.3) is 0 Å². The third-order valence-electron chi connectivity index (χ3n) is 2.46. The fraction of sp³-hybridized carbons (Fsp3) is 0.364. The van der Waals surface area contributed by atoms with Gasteiger partial charge in [-0.2, -0.15) is 0 Å². The van der Waals surface area contributed by atoms with Crippen molar-refractivity contribution in [3.63, 3.8) is 0 Å². The fourth-order valence-electron chi connectivity index (χ4n) is 1.30. The molecule has 0 radical (unpaired) electrons. The number of carbonyl (C=O) groups is 1. The molecule has 4 nitrogen and oxygen atoms in total. The highest BCUT2D eigenvalue weighted by molar-refractivity contribution is 5.89. The molecule has 0 aliphatic rings. The molecule has 1 rings (SSSR count). The van der Waals surface area contributed by atoms with Crippen LogP contribution in [0.15, 0.2) is 18.2 Å². The molecule has 4 heteroatoms. The second-order valence-corrected chi connectivity index (χ2v) is 3.91. The monoisotopic (exact) mass is 209 g/mol.